The molecule has 16 heteroatoms. The minimum Gasteiger partial charge on any atom is -0.497 e. The number of benzene rings is 4. The Bertz CT molecular complexity index is 2040. The number of anilines is 2. The number of imide groups is 2. The molecule has 6 unspecified atom stereocenters. The van der Waals surface area contributed by atoms with Crippen molar-refractivity contribution in [3.8, 4) is 11.5 Å². The summed E-state index contributed by atoms with van der Waals surface area (Å²) in [6.07, 6.45) is 0. The number of fused-ring (bicyclic) bond motifs is 5. The molecule has 16 nitrogen and oxygen atoms in total. The molecule has 4 amide bonds. The second-order valence-corrected chi connectivity index (χ2v) is 12.7. The molecule has 8 rings (SSSR count). The Morgan fingerprint density at radius 1 is 0.519 bits per heavy atom. The molecule has 262 valence electrons. The fraction of sp³-hybridized carbons (Fsp3) is 0.222. The number of nitro groups is 2. The molecule has 4 saturated heterocycles. The highest BCUT2D eigenvalue weighted by atomic mass is 16.6. The number of nitrogens with zero attached hydrogens (tertiary/aromatic N) is 6. The van der Waals surface area contributed by atoms with Gasteiger partial charge in [0, 0.05) is 24.3 Å². The van der Waals surface area contributed by atoms with E-state index in [0.29, 0.717) is 11.5 Å². The summed E-state index contributed by atoms with van der Waals surface area (Å²) in [6.45, 7) is 0. The number of non-ortho nitro benzene ring substituents is 2. The Hall–Kier alpha value is -6.52. The zero-order valence-corrected chi connectivity index (χ0v) is 27.5. The number of carbonyl (C=O) groups is 4. The van der Waals surface area contributed by atoms with Gasteiger partial charge in [-0.2, -0.15) is 0 Å². The lowest BCUT2D eigenvalue weighted by molar-refractivity contribution is -0.385. The number of carbonyl (C=O) groups excluding carboxylic acids is 4. The highest BCUT2D eigenvalue weighted by Crippen LogP contribution is 2.60. The predicted molar refractivity (Wildman–Crippen MR) is 181 cm³/mol. The molecule has 0 aliphatic carbocycles. The Morgan fingerprint density at radius 2 is 0.885 bits per heavy atom. The summed E-state index contributed by atoms with van der Waals surface area (Å²) in [4.78, 5) is 83.2. The number of methoxy groups -OCH3 is 2. The van der Waals surface area contributed by atoms with E-state index in [1.165, 1.54) is 60.6 Å². The van der Waals surface area contributed by atoms with Crippen molar-refractivity contribution >= 4 is 46.4 Å². The number of rotatable bonds is 8. The molecule has 0 aromatic heterocycles. The van der Waals surface area contributed by atoms with E-state index in [4.69, 9.17) is 9.47 Å². The Kier molecular flexibility index (Phi) is 7.58. The van der Waals surface area contributed by atoms with Gasteiger partial charge in [-0.3, -0.25) is 39.4 Å². The number of hydrogen-bond acceptors (Lipinski definition) is 12. The van der Waals surface area contributed by atoms with Crippen LogP contribution >= 0.6 is 0 Å². The van der Waals surface area contributed by atoms with Gasteiger partial charge in [-0.05, 0) is 59.7 Å². The van der Waals surface area contributed by atoms with Crippen LogP contribution in [0.2, 0.25) is 0 Å². The summed E-state index contributed by atoms with van der Waals surface area (Å²) in [5.41, 5.74) is 0.473. The van der Waals surface area contributed by atoms with E-state index < -0.39 is 69.5 Å². The molecule has 4 aromatic carbocycles. The number of hydrazine groups is 1. The molecule has 4 heterocycles. The van der Waals surface area contributed by atoms with Crippen molar-refractivity contribution < 1.29 is 38.5 Å². The predicted octanol–water partition coefficient (Wildman–Crippen LogP) is 3.97. The normalized spacial score (nSPS) is 25.3. The minimum absolute atomic E-state index is 0.249. The lowest BCUT2D eigenvalue weighted by atomic mass is 9.84. The van der Waals surface area contributed by atoms with E-state index in [2.05, 4.69) is 0 Å². The third-order valence-electron chi connectivity index (χ3n) is 10.2. The molecule has 0 saturated carbocycles. The van der Waals surface area contributed by atoms with Crippen molar-refractivity contribution in [1.29, 1.82) is 0 Å². The van der Waals surface area contributed by atoms with Crippen LogP contribution < -0.4 is 19.3 Å². The van der Waals surface area contributed by atoms with Gasteiger partial charge in [-0.15, -0.1) is 0 Å². The van der Waals surface area contributed by atoms with E-state index in [0.717, 1.165) is 9.80 Å². The van der Waals surface area contributed by atoms with Crippen LogP contribution in [0.4, 0.5) is 22.7 Å². The standard InChI is InChI=1S/C36H28N6O10/c1-51-25-13-9-21(10-14-25)37-33(43)27-29(19-5-3-7-23(17-19)41(47)48)40-32-28(34(44)38(36(32)46)22-11-15-26(52-2)16-12-22)30(39(40)31(27)35(37)45)20-6-4-8-24(18-20)42(49)50/h3-18,27-32H,1-2H3. The molecule has 4 aliphatic rings. The van der Waals surface area contributed by atoms with Crippen LogP contribution in [-0.4, -0.2) is 69.8 Å². The second-order valence-electron chi connectivity index (χ2n) is 12.7. The third-order valence-corrected chi connectivity index (χ3v) is 10.2. The van der Waals surface area contributed by atoms with Gasteiger partial charge in [0.2, 0.25) is 11.8 Å². The molecule has 4 aliphatic heterocycles. The van der Waals surface area contributed by atoms with E-state index in [1.807, 2.05) is 0 Å². The first-order valence-corrected chi connectivity index (χ1v) is 16.1. The van der Waals surface area contributed by atoms with Crippen molar-refractivity contribution in [1.82, 2.24) is 10.0 Å². The van der Waals surface area contributed by atoms with Crippen molar-refractivity contribution in [2.75, 3.05) is 24.0 Å². The molecule has 0 spiro atoms. The lowest BCUT2D eigenvalue weighted by Gasteiger charge is -2.35. The molecule has 0 radical (unpaired) electrons. The maximum atomic E-state index is 14.6. The first-order valence-electron chi connectivity index (χ1n) is 16.1. The van der Waals surface area contributed by atoms with Gasteiger partial charge in [0.15, 0.2) is 0 Å². The van der Waals surface area contributed by atoms with Crippen molar-refractivity contribution in [3.63, 3.8) is 0 Å². The summed E-state index contributed by atoms with van der Waals surface area (Å²) in [5.74, 6) is -3.97. The summed E-state index contributed by atoms with van der Waals surface area (Å²) in [5, 5.41) is 27.0. The van der Waals surface area contributed by atoms with Crippen LogP contribution in [0.3, 0.4) is 0 Å². The average Bonchev–Trinajstić information content (AvgIpc) is 3.83. The van der Waals surface area contributed by atoms with Gasteiger partial charge < -0.3 is 9.47 Å². The smallest absolute Gasteiger partial charge is 0.269 e. The molecule has 0 bridgehead atoms. The first-order chi connectivity index (χ1) is 25.0. The van der Waals surface area contributed by atoms with E-state index in [-0.39, 0.29) is 33.9 Å². The van der Waals surface area contributed by atoms with Crippen LogP contribution in [0.25, 0.3) is 0 Å². The van der Waals surface area contributed by atoms with Crippen LogP contribution in [0.1, 0.15) is 23.2 Å². The summed E-state index contributed by atoms with van der Waals surface area (Å²) in [6, 6.07) is 18.9. The largest absolute Gasteiger partial charge is 0.497 e. The highest BCUT2D eigenvalue weighted by Gasteiger charge is 2.73. The van der Waals surface area contributed by atoms with Gasteiger partial charge in [0.25, 0.3) is 23.2 Å². The van der Waals surface area contributed by atoms with Gasteiger partial charge in [0.05, 0.1) is 59.4 Å². The molecule has 52 heavy (non-hydrogen) atoms. The topological polar surface area (TPSA) is 186 Å². The van der Waals surface area contributed by atoms with Crippen molar-refractivity contribution in [2.45, 2.75) is 24.2 Å². The first kappa shape index (κ1) is 32.7. The SMILES string of the molecule is COc1ccc(N2C(=O)C3C(C2=O)N2C(c4cccc([N+](=O)[O-])c4)C4C(=O)N(c5ccc(OC)cc5)C(=O)C4N2C3c2cccc([N+](=O)[O-])c2)cc1. The summed E-state index contributed by atoms with van der Waals surface area (Å²) < 4.78 is 10.5. The van der Waals surface area contributed by atoms with Gasteiger partial charge >= 0.3 is 0 Å². The number of nitro benzene ring substituents is 2. The number of amides is 4. The number of ether oxygens (including phenoxy) is 2. The summed E-state index contributed by atoms with van der Waals surface area (Å²) >= 11 is 0. The Labute approximate surface area is 294 Å². The van der Waals surface area contributed by atoms with Crippen LogP contribution in [0.5, 0.6) is 11.5 Å². The van der Waals surface area contributed by atoms with Gasteiger partial charge in [-0.1, -0.05) is 24.3 Å². The maximum absolute atomic E-state index is 14.6. The van der Waals surface area contributed by atoms with Gasteiger partial charge in [0.1, 0.15) is 23.6 Å². The fourth-order valence-corrected chi connectivity index (χ4v) is 8.11. The molecular weight excluding hydrogens is 676 g/mol. The molecule has 6 atom stereocenters. The monoisotopic (exact) mass is 704 g/mol. The van der Waals surface area contributed by atoms with Crippen LogP contribution in [-0.2, 0) is 19.2 Å². The minimum atomic E-state index is -1.29. The quantitative estimate of drug-likeness (QED) is 0.146. The zero-order valence-electron chi connectivity index (χ0n) is 27.5. The maximum Gasteiger partial charge on any atom is 0.269 e. The van der Waals surface area contributed by atoms with Crippen molar-refractivity contribution in [2.24, 2.45) is 11.8 Å². The Balaban J connectivity index is 1.34. The molecular formula is C36H28N6O10. The Morgan fingerprint density at radius 3 is 1.21 bits per heavy atom. The van der Waals surface area contributed by atoms with E-state index in [9.17, 15) is 39.4 Å². The average molecular weight is 705 g/mol. The summed E-state index contributed by atoms with van der Waals surface area (Å²) in [7, 11) is 2.95. The number of hydrogen-bond donors (Lipinski definition) is 0. The fourth-order valence-electron chi connectivity index (χ4n) is 8.11. The van der Waals surface area contributed by atoms with Crippen LogP contribution in [0.15, 0.2) is 97.1 Å². The molecule has 0 N–H and O–H groups in total. The van der Waals surface area contributed by atoms with Gasteiger partial charge in [-0.25, -0.2) is 19.8 Å². The van der Waals surface area contributed by atoms with E-state index in [1.54, 1.807) is 60.7 Å². The third kappa shape index (κ3) is 4.68. The van der Waals surface area contributed by atoms with Crippen LogP contribution in [0, 0.1) is 32.1 Å². The van der Waals surface area contributed by atoms with E-state index >= 15 is 0 Å². The molecule has 4 fully saturated rings. The molecule has 4 aromatic rings. The highest BCUT2D eigenvalue weighted by molar-refractivity contribution is 6.26. The van der Waals surface area contributed by atoms with Crippen molar-refractivity contribution in [3.05, 3.63) is 128 Å². The lowest BCUT2D eigenvalue weighted by Crippen LogP contribution is -2.50. The second kappa shape index (κ2) is 12.1. The zero-order chi connectivity index (χ0) is 36.6.